The average molecular weight is 352 g/mol. The fourth-order valence-corrected chi connectivity index (χ4v) is 3.02. The van der Waals surface area contributed by atoms with Gasteiger partial charge >= 0.3 is 0 Å². The number of benzene rings is 2. The van der Waals surface area contributed by atoms with Gasteiger partial charge in [0.25, 0.3) is 0 Å². The lowest BCUT2D eigenvalue weighted by molar-refractivity contribution is 0.413. The van der Waals surface area contributed by atoms with Crippen LogP contribution < -0.4 is 10.1 Å². The second kappa shape index (κ2) is 7.57. The van der Waals surface area contributed by atoms with Gasteiger partial charge in [-0.15, -0.1) is 0 Å². The summed E-state index contributed by atoms with van der Waals surface area (Å²) in [5.41, 5.74) is 1.78. The fraction of sp³-hybridized carbons (Fsp3) is 0.294. The van der Waals surface area contributed by atoms with Gasteiger partial charge < -0.3 is 10.1 Å². The van der Waals surface area contributed by atoms with Gasteiger partial charge in [0.15, 0.2) is 0 Å². The standard InChI is InChI=1S/C17H19BrFNO/c1-3-20-16(17-14(18)8-5-9-15(17)19)11-12-6-4-7-13(10-12)21-2/h4-10,16,20H,3,11H2,1-2H3. The van der Waals surface area contributed by atoms with Crippen molar-refractivity contribution in [3.05, 3.63) is 63.9 Å². The van der Waals surface area contributed by atoms with Crippen LogP contribution in [-0.4, -0.2) is 13.7 Å². The van der Waals surface area contributed by atoms with Crippen molar-refractivity contribution in [3.8, 4) is 5.75 Å². The van der Waals surface area contributed by atoms with Crippen LogP contribution in [0.4, 0.5) is 4.39 Å². The van der Waals surface area contributed by atoms with Gasteiger partial charge in [-0.1, -0.05) is 41.1 Å². The summed E-state index contributed by atoms with van der Waals surface area (Å²) in [5.74, 6) is 0.619. The second-order valence-corrected chi connectivity index (χ2v) is 5.66. The zero-order chi connectivity index (χ0) is 15.2. The van der Waals surface area contributed by atoms with E-state index in [9.17, 15) is 4.39 Å². The van der Waals surface area contributed by atoms with E-state index >= 15 is 0 Å². The van der Waals surface area contributed by atoms with Gasteiger partial charge in [0.1, 0.15) is 11.6 Å². The molecule has 1 atom stereocenters. The zero-order valence-electron chi connectivity index (χ0n) is 12.2. The maximum Gasteiger partial charge on any atom is 0.129 e. The predicted octanol–water partition coefficient (Wildman–Crippen LogP) is 4.49. The quantitative estimate of drug-likeness (QED) is 0.827. The number of hydrogen-bond acceptors (Lipinski definition) is 2. The van der Waals surface area contributed by atoms with Crippen LogP contribution in [0.2, 0.25) is 0 Å². The first-order valence-electron chi connectivity index (χ1n) is 6.96. The highest BCUT2D eigenvalue weighted by Gasteiger charge is 2.18. The van der Waals surface area contributed by atoms with E-state index in [1.807, 2.05) is 37.3 Å². The van der Waals surface area contributed by atoms with Crippen LogP contribution in [0.5, 0.6) is 5.75 Å². The van der Waals surface area contributed by atoms with E-state index < -0.39 is 0 Å². The summed E-state index contributed by atoms with van der Waals surface area (Å²) in [6.45, 7) is 2.79. The van der Waals surface area contributed by atoms with Crippen molar-refractivity contribution in [1.29, 1.82) is 0 Å². The molecule has 0 bridgehead atoms. The Balaban J connectivity index is 2.30. The first-order valence-corrected chi connectivity index (χ1v) is 7.75. The molecule has 21 heavy (non-hydrogen) atoms. The minimum Gasteiger partial charge on any atom is -0.497 e. The largest absolute Gasteiger partial charge is 0.497 e. The first kappa shape index (κ1) is 16.0. The lowest BCUT2D eigenvalue weighted by atomic mass is 9.98. The number of rotatable bonds is 6. The molecule has 0 amide bonds. The van der Waals surface area contributed by atoms with Crippen molar-refractivity contribution in [3.63, 3.8) is 0 Å². The van der Waals surface area contributed by atoms with E-state index in [1.54, 1.807) is 13.2 Å². The van der Waals surface area contributed by atoms with Crippen molar-refractivity contribution in [1.82, 2.24) is 5.32 Å². The summed E-state index contributed by atoms with van der Waals surface area (Å²) < 4.78 is 20.2. The molecule has 0 spiro atoms. The van der Waals surface area contributed by atoms with Crippen LogP contribution in [0.25, 0.3) is 0 Å². The van der Waals surface area contributed by atoms with Crippen molar-refractivity contribution in [2.24, 2.45) is 0 Å². The van der Waals surface area contributed by atoms with E-state index in [1.165, 1.54) is 6.07 Å². The highest BCUT2D eigenvalue weighted by Crippen LogP contribution is 2.29. The van der Waals surface area contributed by atoms with Crippen LogP contribution in [0, 0.1) is 5.82 Å². The van der Waals surface area contributed by atoms with Crippen molar-refractivity contribution in [2.75, 3.05) is 13.7 Å². The number of ether oxygens (including phenoxy) is 1. The summed E-state index contributed by atoms with van der Waals surface area (Å²) in [4.78, 5) is 0. The molecule has 0 aliphatic rings. The molecule has 0 heterocycles. The maximum atomic E-state index is 14.2. The number of nitrogens with one attached hydrogen (secondary N) is 1. The van der Waals surface area contributed by atoms with Gasteiger partial charge in [-0.25, -0.2) is 4.39 Å². The molecule has 0 saturated heterocycles. The molecule has 1 unspecified atom stereocenters. The fourth-order valence-electron chi connectivity index (χ4n) is 2.40. The van der Waals surface area contributed by atoms with Crippen molar-refractivity contribution >= 4 is 15.9 Å². The van der Waals surface area contributed by atoms with Gasteiger partial charge in [0, 0.05) is 16.1 Å². The molecule has 0 aromatic heterocycles. The molecule has 0 aliphatic heterocycles. The van der Waals surface area contributed by atoms with Gasteiger partial charge in [-0.05, 0) is 42.8 Å². The third kappa shape index (κ3) is 4.05. The summed E-state index contributed by atoms with van der Waals surface area (Å²) in [6, 6.07) is 12.9. The number of hydrogen-bond donors (Lipinski definition) is 1. The Hall–Kier alpha value is -1.39. The number of halogens is 2. The summed E-state index contributed by atoms with van der Waals surface area (Å²) in [5, 5.41) is 3.36. The predicted molar refractivity (Wildman–Crippen MR) is 87.2 cm³/mol. The van der Waals surface area contributed by atoms with Crippen LogP contribution in [0.15, 0.2) is 46.9 Å². The molecule has 2 aromatic carbocycles. The van der Waals surface area contributed by atoms with Crippen LogP contribution in [0.1, 0.15) is 24.1 Å². The van der Waals surface area contributed by atoms with E-state index in [2.05, 4.69) is 21.2 Å². The van der Waals surface area contributed by atoms with Gasteiger partial charge in [-0.3, -0.25) is 0 Å². The third-order valence-corrected chi connectivity index (χ3v) is 4.06. The minimum atomic E-state index is -0.196. The van der Waals surface area contributed by atoms with Crippen molar-refractivity contribution in [2.45, 2.75) is 19.4 Å². The Morgan fingerprint density at radius 3 is 2.67 bits per heavy atom. The van der Waals surface area contributed by atoms with E-state index in [-0.39, 0.29) is 11.9 Å². The lowest BCUT2D eigenvalue weighted by Crippen LogP contribution is -2.24. The van der Waals surface area contributed by atoms with Gasteiger partial charge in [0.05, 0.1) is 7.11 Å². The molecule has 0 fully saturated rings. The Morgan fingerprint density at radius 2 is 2.00 bits per heavy atom. The van der Waals surface area contributed by atoms with Crippen LogP contribution in [0.3, 0.4) is 0 Å². The Bertz CT molecular complexity index is 583. The molecule has 2 nitrogen and oxygen atoms in total. The normalized spacial score (nSPS) is 12.2. The molecular formula is C17H19BrFNO. The summed E-state index contributed by atoms with van der Waals surface area (Å²) in [6.07, 6.45) is 0.699. The average Bonchev–Trinajstić information content (AvgIpc) is 2.47. The lowest BCUT2D eigenvalue weighted by Gasteiger charge is -2.21. The number of likely N-dealkylation sites (N-methyl/N-ethyl adjacent to an activating group) is 1. The van der Waals surface area contributed by atoms with Gasteiger partial charge in [0.2, 0.25) is 0 Å². The first-order chi connectivity index (χ1) is 10.2. The zero-order valence-corrected chi connectivity index (χ0v) is 13.8. The molecule has 1 N–H and O–H groups in total. The van der Waals surface area contributed by atoms with Crippen molar-refractivity contribution < 1.29 is 9.13 Å². The molecule has 2 rings (SSSR count). The molecule has 4 heteroatoms. The topological polar surface area (TPSA) is 21.3 Å². The highest BCUT2D eigenvalue weighted by atomic mass is 79.9. The van der Waals surface area contributed by atoms with Crippen LogP contribution >= 0.6 is 15.9 Å². The molecule has 0 radical (unpaired) electrons. The smallest absolute Gasteiger partial charge is 0.129 e. The monoisotopic (exact) mass is 351 g/mol. The van der Waals surface area contributed by atoms with Gasteiger partial charge in [-0.2, -0.15) is 0 Å². The summed E-state index contributed by atoms with van der Waals surface area (Å²) in [7, 11) is 1.65. The molecule has 0 aliphatic carbocycles. The highest BCUT2D eigenvalue weighted by molar-refractivity contribution is 9.10. The van der Waals surface area contributed by atoms with E-state index in [0.717, 1.165) is 22.3 Å². The molecular weight excluding hydrogens is 333 g/mol. The van der Waals surface area contributed by atoms with Crippen LogP contribution in [-0.2, 0) is 6.42 Å². The Labute approximate surface area is 133 Å². The molecule has 112 valence electrons. The maximum absolute atomic E-state index is 14.2. The Morgan fingerprint density at radius 1 is 1.24 bits per heavy atom. The third-order valence-electron chi connectivity index (χ3n) is 3.37. The number of methoxy groups -OCH3 is 1. The molecule has 0 saturated carbocycles. The second-order valence-electron chi connectivity index (χ2n) is 4.80. The SMILES string of the molecule is CCNC(Cc1cccc(OC)c1)c1c(F)cccc1Br. The molecule has 2 aromatic rings. The summed E-state index contributed by atoms with van der Waals surface area (Å²) >= 11 is 3.45. The minimum absolute atomic E-state index is 0.0855. The Kier molecular flexibility index (Phi) is 5.76. The van der Waals surface area contributed by atoms with E-state index in [4.69, 9.17) is 4.74 Å². The van der Waals surface area contributed by atoms with E-state index in [0.29, 0.717) is 12.0 Å².